The lowest BCUT2D eigenvalue weighted by Crippen LogP contribution is -2.49. The molecule has 1 fully saturated rings. The summed E-state index contributed by atoms with van der Waals surface area (Å²) in [7, 11) is 0. The summed E-state index contributed by atoms with van der Waals surface area (Å²) in [6.07, 6.45) is 6.64. The minimum atomic E-state index is 0.186. The largest absolute Gasteiger partial charge is 0.339 e. The number of hydrogen-bond donors (Lipinski definition) is 0. The molecule has 3 heterocycles. The lowest BCUT2D eigenvalue weighted by Gasteiger charge is -2.34. The number of carbonyl (C=O) groups is 1. The highest BCUT2D eigenvalue weighted by Gasteiger charge is 2.22. The van der Waals surface area contributed by atoms with Gasteiger partial charge in [0, 0.05) is 56.4 Å². The van der Waals surface area contributed by atoms with Crippen molar-refractivity contribution < 1.29 is 4.79 Å². The van der Waals surface area contributed by atoms with Gasteiger partial charge in [0.2, 0.25) is 11.9 Å². The smallest absolute Gasteiger partial charge is 0.225 e. The fourth-order valence-electron chi connectivity index (χ4n) is 3.16. The summed E-state index contributed by atoms with van der Waals surface area (Å²) >= 11 is 1.54. The molecule has 3 rings (SSSR count). The van der Waals surface area contributed by atoms with E-state index >= 15 is 0 Å². The van der Waals surface area contributed by atoms with E-state index in [4.69, 9.17) is 0 Å². The molecule has 0 radical (unpaired) electrons. The lowest BCUT2D eigenvalue weighted by atomic mass is 10.1. The van der Waals surface area contributed by atoms with Crippen molar-refractivity contribution in [1.82, 2.24) is 24.8 Å². The van der Waals surface area contributed by atoms with Gasteiger partial charge < -0.3 is 9.80 Å². The van der Waals surface area contributed by atoms with Crippen LogP contribution in [0.5, 0.6) is 0 Å². The van der Waals surface area contributed by atoms with Crippen LogP contribution < -0.4 is 4.90 Å². The van der Waals surface area contributed by atoms with Gasteiger partial charge in [0.25, 0.3) is 0 Å². The van der Waals surface area contributed by atoms with Gasteiger partial charge in [-0.25, -0.2) is 19.9 Å². The van der Waals surface area contributed by atoms with E-state index in [9.17, 15) is 4.79 Å². The SMILES string of the molecule is CSc1nc(C)c(CCC(=O)N2CCN(c3ncccn3)CC2)c(C)n1. The quantitative estimate of drug-likeness (QED) is 0.586. The van der Waals surface area contributed by atoms with Crippen LogP contribution in [0.3, 0.4) is 0 Å². The van der Waals surface area contributed by atoms with Crippen molar-refractivity contribution in [2.24, 2.45) is 0 Å². The summed E-state index contributed by atoms with van der Waals surface area (Å²) in [5.74, 6) is 0.920. The zero-order chi connectivity index (χ0) is 18.5. The van der Waals surface area contributed by atoms with E-state index in [1.165, 1.54) is 11.8 Å². The van der Waals surface area contributed by atoms with Crippen molar-refractivity contribution in [2.45, 2.75) is 31.8 Å². The van der Waals surface area contributed by atoms with Crippen molar-refractivity contribution >= 4 is 23.6 Å². The van der Waals surface area contributed by atoms with Crippen LogP contribution in [0.4, 0.5) is 5.95 Å². The maximum atomic E-state index is 12.6. The zero-order valence-electron chi connectivity index (χ0n) is 15.5. The molecule has 0 saturated carbocycles. The monoisotopic (exact) mass is 372 g/mol. The first-order valence-electron chi connectivity index (χ1n) is 8.76. The Morgan fingerprint density at radius 1 is 1.08 bits per heavy atom. The Hall–Kier alpha value is -2.22. The second-order valence-electron chi connectivity index (χ2n) is 6.28. The molecule has 1 amide bonds. The van der Waals surface area contributed by atoms with Crippen LogP contribution in [-0.4, -0.2) is 63.2 Å². The molecule has 1 aliphatic rings. The van der Waals surface area contributed by atoms with Gasteiger partial charge in [0.15, 0.2) is 5.16 Å². The van der Waals surface area contributed by atoms with Crippen LogP contribution in [0, 0.1) is 13.8 Å². The maximum absolute atomic E-state index is 12.6. The van der Waals surface area contributed by atoms with Crippen LogP contribution in [0.15, 0.2) is 23.6 Å². The number of carbonyl (C=O) groups excluding carboxylic acids is 1. The van der Waals surface area contributed by atoms with Crippen LogP contribution >= 0.6 is 11.8 Å². The van der Waals surface area contributed by atoms with Gasteiger partial charge in [-0.3, -0.25) is 4.79 Å². The standard InChI is InChI=1S/C18H24N6OS/c1-13-15(14(2)22-18(21-13)26-3)5-6-16(25)23-9-11-24(12-10-23)17-19-7-4-8-20-17/h4,7-8H,5-6,9-12H2,1-3H3. The van der Waals surface area contributed by atoms with E-state index in [0.717, 1.165) is 41.1 Å². The number of rotatable bonds is 5. The number of aromatic nitrogens is 4. The zero-order valence-corrected chi connectivity index (χ0v) is 16.3. The topological polar surface area (TPSA) is 75.1 Å². The highest BCUT2D eigenvalue weighted by atomic mass is 32.2. The minimum absolute atomic E-state index is 0.186. The Morgan fingerprint density at radius 3 is 2.27 bits per heavy atom. The maximum Gasteiger partial charge on any atom is 0.225 e. The highest BCUT2D eigenvalue weighted by molar-refractivity contribution is 7.98. The highest BCUT2D eigenvalue weighted by Crippen LogP contribution is 2.18. The van der Waals surface area contributed by atoms with E-state index in [0.29, 0.717) is 25.9 Å². The second-order valence-corrected chi connectivity index (χ2v) is 7.05. The number of amides is 1. The first-order valence-corrected chi connectivity index (χ1v) is 9.99. The Morgan fingerprint density at radius 2 is 1.69 bits per heavy atom. The first kappa shape index (κ1) is 18.6. The van der Waals surface area contributed by atoms with E-state index in [1.54, 1.807) is 12.4 Å². The van der Waals surface area contributed by atoms with Gasteiger partial charge in [0.05, 0.1) is 0 Å². The minimum Gasteiger partial charge on any atom is -0.339 e. The molecular formula is C18H24N6OS. The van der Waals surface area contributed by atoms with E-state index in [2.05, 4.69) is 24.8 Å². The summed E-state index contributed by atoms with van der Waals surface area (Å²) in [4.78, 5) is 34.2. The summed E-state index contributed by atoms with van der Waals surface area (Å²) in [6, 6.07) is 1.81. The Bertz CT molecular complexity index is 739. The van der Waals surface area contributed by atoms with E-state index < -0.39 is 0 Å². The van der Waals surface area contributed by atoms with E-state index in [1.807, 2.05) is 31.1 Å². The van der Waals surface area contributed by atoms with Crippen molar-refractivity contribution in [3.63, 3.8) is 0 Å². The lowest BCUT2D eigenvalue weighted by molar-refractivity contribution is -0.131. The number of nitrogens with zero attached hydrogens (tertiary/aromatic N) is 6. The van der Waals surface area contributed by atoms with Crippen LogP contribution in [0.1, 0.15) is 23.4 Å². The molecule has 0 aromatic carbocycles. The fraction of sp³-hybridized carbons (Fsp3) is 0.500. The van der Waals surface area contributed by atoms with Gasteiger partial charge in [-0.05, 0) is 38.2 Å². The Balaban J connectivity index is 1.54. The van der Waals surface area contributed by atoms with E-state index in [-0.39, 0.29) is 5.91 Å². The predicted octanol–water partition coefficient (Wildman–Crippen LogP) is 1.89. The molecule has 1 saturated heterocycles. The van der Waals surface area contributed by atoms with Crippen LogP contribution in [-0.2, 0) is 11.2 Å². The number of thioether (sulfide) groups is 1. The Kier molecular flexibility index (Phi) is 6.03. The fourth-order valence-corrected chi connectivity index (χ4v) is 3.62. The third-order valence-corrected chi connectivity index (χ3v) is 5.19. The molecule has 0 aliphatic carbocycles. The molecule has 26 heavy (non-hydrogen) atoms. The molecule has 0 spiro atoms. The summed E-state index contributed by atoms with van der Waals surface area (Å²) < 4.78 is 0. The molecule has 138 valence electrons. The van der Waals surface area contributed by atoms with Crippen LogP contribution in [0.25, 0.3) is 0 Å². The molecule has 0 atom stereocenters. The molecule has 0 unspecified atom stereocenters. The van der Waals surface area contributed by atoms with Crippen molar-refractivity contribution in [1.29, 1.82) is 0 Å². The van der Waals surface area contributed by atoms with Gasteiger partial charge in [-0.1, -0.05) is 11.8 Å². The summed E-state index contributed by atoms with van der Waals surface area (Å²) in [5.41, 5.74) is 3.04. The molecule has 0 N–H and O–H groups in total. The number of hydrogen-bond acceptors (Lipinski definition) is 7. The van der Waals surface area contributed by atoms with Crippen molar-refractivity contribution in [2.75, 3.05) is 37.3 Å². The molecular weight excluding hydrogens is 348 g/mol. The first-order chi connectivity index (χ1) is 12.6. The third-order valence-electron chi connectivity index (χ3n) is 4.64. The van der Waals surface area contributed by atoms with Gasteiger partial charge in [-0.2, -0.15) is 0 Å². The normalized spacial score (nSPS) is 14.6. The molecule has 2 aromatic rings. The molecule has 2 aromatic heterocycles. The summed E-state index contributed by atoms with van der Waals surface area (Å²) in [6.45, 7) is 6.92. The number of aryl methyl sites for hydroxylation is 2. The summed E-state index contributed by atoms with van der Waals surface area (Å²) in [5, 5.41) is 0.786. The predicted molar refractivity (Wildman–Crippen MR) is 102 cm³/mol. The number of piperazine rings is 1. The van der Waals surface area contributed by atoms with Crippen molar-refractivity contribution in [3.05, 3.63) is 35.4 Å². The second kappa shape index (κ2) is 8.44. The van der Waals surface area contributed by atoms with Gasteiger partial charge in [-0.15, -0.1) is 0 Å². The number of anilines is 1. The van der Waals surface area contributed by atoms with Gasteiger partial charge >= 0.3 is 0 Å². The third kappa shape index (κ3) is 4.30. The van der Waals surface area contributed by atoms with Gasteiger partial charge in [0.1, 0.15) is 0 Å². The molecule has 8 heteroatoms. The molecule has 7 nitrogen and oxygen atoms in total. The average Bonchev–Trinajstić information content (AvgIpc) is 2.67. The average molecular weight is 372 g/mol. The van der Waals surface area contributed by atoms with Crippen molar-refractivity contribution in [3.8, 4) is 0 Å². The molecule has 0 bridgehead atoms. The van der Waals surface area contributed by atoms with Crippen LogP contribution in [0.2, 0.25) is 0 Å². The molecule has 1 aliphatic heterocycles. The Labute approximate surface area is 158 Å².